The van der Waals surface area contributed by atoms with E-state index in [9.17, 15) is 10.1 Å². The number of rotatable bonds is 7. The summed E-state index contributed by atoms with van der Waals surface area (Å²) in [5, 5.41) is 9.37. The maximum absolute atomic E-state index is 13.4. The van der Waals surface area contributed by atoms with E-state index < -0.39 is 0 Å². The lowest BCUT2D eigenvalue weighted by Crippen LogP contribution is -2.28. The second-order valence-corrected chi connectivity index (χ2v) is 7.93. The molecule has 4 rings (SSSR count). The van der Waals surface area contributed by atoms with Crippen LogP contribution < -0.4 is 5.56 Å². The standard InChI is InChI=1S/C27H25N5O/c1-3-4-11-23-19(2)27(33)32(26(31-23)25-12-7-8-15-29-25)18-20-13-14-24(30-17-20)22-10-6-5-9-21(22)16-28/h5-10,12-15,17H,3-4,11,18H2,1-2H3. The normalized spacial score (nSPS) is 10.7. The third-order valence-electron chi connectivity index (χ3n) is 5.65. The van der Waals surface area contributed by atoms with Crippen LogP contribution in [-0.4, -0.2) is 19.5 Å². The van der Waals surface area contributed by atoms with Gasteiger partial charge in [-0.25, -0.2) is 4.98 Å². The minimum absolute atomic E-state index is 0.0596. The molecule has 4 aromatic rings. The van der Waals surface area contributed by atoms with Crippen molar-refractivity contribution in [3.05, 3.63) is 99.7 Å². The molecule has 0 unspecified atom stereocenters. The van der Waals surface area contributed by atoms with Crippen LogP contribution in [0.3, 0.4) is 0 Å². The van der Waals surface area contributed by atoms with E-state index in [1.165, 1.54) is 0 Å². The SMILES string of the molecule is CCCCc1nc(-c2ccccn2)n(Cc2ccc(-c3ccccc3C#N)nc2)c(=O)c1C. The third-order valence-corrected chi connectivity index (χ3v) is 5.65. The van der Waals surface area contributed by atoms with Gasteiger partial charge in [0, 0.05) is 23.5 Å². The van der Waals surface area contributed by atoms with Crippen molar-refractivity contribution >= 4 is 0 Å². The highest BCUT2D eigenvalue weighted by atomic mass is 16.1. The van der Waals surface area contributed by atoms with Crippen molar-refractivity contribution < 1.29 is 0 Å². The lowest BCUT2D eigenvalue weighted by atomic mass is 10.0. The van der Waals surface area contributed by atoms with Crippen molar-refractivity contribution in [1.82, 2.24) is 19.5 Å². The summed E-state index contributed by atoms with van der Waals surface area (Å²) in [6.45, 7) is 4.31. The average Bonchev–Trinajstić information content (AvgIpc) is 2.87. The zero-order valence-corrected chi connectivity index (χ0v) is 18.8. The Morgan fingerprint density at radius 2 is 1.82 bits per heavy atom. The van der Waals surface area contributed by atoms with E-state index in [1.54, 1.807) is 23.0 Å². The Hall–Kier alpha value is -4.11. The van der Waals surface area contributed by atoms with Crippen LogP contribution in [0.4, 0.5) is 0 Å². The number of benzene rings is 1. The number of nitrogens with zero attached hydrogens (tertiary/aromatic N) is 5. The molecule has 164 valence electrons. The molecule has 0 bridgehead atoms. The molecule has 0 radical (unpaired) electrons. The number of hydrogen-bond donors (Lipinski definition) is 0. The highest BCUT2D eigenvalue weighted by Crippen LogP contribution is 2.22. The Kier molecular flexibility index (Phi) is 6.70. The summed E-state index contributed by atoms with van der Waals surface area (Å²) in [6, 6.07) is 19.0. The predicted octanol–water partition coefficient (Wildman–Crippen LogP) is 4.94. The van der Waals surface area contributed by atoms with E-state index in [0.717, 1.165) is 41.8 Å². The van der Waals surface area contributed by atoms with Crippen molar-refractivity contribution in [3.8, 4) is 28.8 Å². The fraction of sp³-hybridized carbons (Fsp3) is 0.222. The molecule has 0 spiro atoms. The van der Waals surface area contributed by atoms with E-state index in [-0.39, 0.29) is 5.56 Å². The van der Waals surface area contributed by atoms with E-state index in [0.29, 0.717) is 29.2 Å². The second-order valence-electron chi connectivity index (χ2n) is 7.93. The lowest BCUT2D eigenvalue weighted by molar-refractivity contribution is 0.702. The molecule has 0 aliphatic carbocycles. The highest BCUT2D eigenvalue weighted by Gasteiger charge is 2.16. The van der Waals surface area contributed by atoms with Gasteiger partial charge in [-0.2, -0.15) is 5.26 Å². The summed E-state index contributed by atoms with van der Waals surface area (Å²) in [7, 11) is 0. The molecule has 1 aromatic carbocycles. The summed E-state index contributed by atoms with van der Waals surface area (Å²) < 4.78 is 1.67. The van der Waals surface area contributed by atoms with Crippen LogP contribution in [-0.2, 0) is 13.0 Å². The van der Waals surface area contributed by atoms with Crippen molar-refractivity contribution in [1.29, 1.82) is 5.26 Å². The molecule has 0 atom stereocenters. The first-order valence-corrected chi connectivity index (χ1v) is 11.1. The van der Waals surface area contributed by atoms with Gasteiger partial charge in [0.15, 0.2) is 5.82 Å². The first-order chi connectivity index (χ1) is 16.1. The van der Waals surface area contributed by atoms with Gasteiger partial charge in [0.2, 0.25) is 0 Å². The fourth-order valence-electron chi connectivity index (χ4n) is 3.78. The minimum Gasteiger partial charge on any atom is -0.287 e. The summed E-state index contributed by atoms with van der Waals surface area (Å²) >= 11 is 0. The van der Waals surface area contributed by atoms with Gasteiger partial charge in [-0.15, -0.1) is 0 Å². The molecule has 0 fully saturated rings. The van der Waals surface area contributed by atoms with Crippen molar-refractivity contribution in [3.63, 3.8) is 0 Å². The van der Waals surface area contributed by atoms with E-state index in [4.69, 9.17) is 4.98 Å². The molecule has 0 saturated heterocycles. The molecule has 0 amide bonds. The molecule has 0 N–H and O–H groups in total. The van der Waals surface area contributed by atoms with Gasteiger partial charge in [0.05, 0.1) is 29.6 Å². The van der Waals surface area contributed by atoms with Gasteiger partial charge >= 0.3 is 0 Å². The first-order valence-electron chi connectivity index (χ1n) is 11.1. The van der Waals surface area contributed by atoms with E-state index in [2.05, 4.69) is 23.0 Å². The zero-order chi connectivity index (χ0) is 23.2. The maximum Gasteiger partial charge on any atom is 0.257 e. The highest BCUT2D eigenvalue weighted by molar-refractivity contribution is 5.67. The molecular formula is C27H25N5O. The van der Waals surface area contributed by atoms with Crippen molar-refractivity contribution in [2.75, 3.05) is 0 Å². The van der Waals surface area contributed by atoms with Gasteiger partial charge in [0.25, 0.3) is 5.56 Å². The summed E-state index contributed by atoms with van der Waals surface area (Å²) in [5.41, 5.74) is 5.07. The Morgan fingerprint density at radius 3 is 2.52 bits per heavy atom. The van der Waals surface area contributed by atoms with Crippen molar-refractivity contribution in [2.24, 2.45) is 0 Å². The van der Waals surface area contributed by atoms with Gasteiger partial charge in [-0.1, -0.05) is 43.7 Å². The van der Waals surface area contributed by atoms with Crippen LogP contribution in [0.15, 0.2) is 71.8 Å². The molecule has 6 heteroatoms. The number of pyridine rings is 2. The van der Waals surface area contributed by atoms with E-state index >= 15 is 0 Å². The Morgan fingerprint density at radius 1 is 1.00 bits per heavy atom. The number of aromatic nitrogens is 4. The Balaban J connectivity index is 1.74. The monoisotopic (exact) mass is 435 g/mol. The number of nitriles is 1. The second kappa shape index (κ2) is 10.0. The average molecular weight is 436 g/mol. The fourth-order valence-corrected chi connectivity index (χ4v) is 3.78. The van der Waals surface area contributed by atoms with Crippen molar-refractivity contribution in [2.45, 2.75) is 39.7 Å². The Bertz CT molecular complexity index is 1350. The van der Waals surface area contributed by atoms with E-state index in [1.807, 2.05) is 55.5 Å². The molecule has 3 aromatic heterocycles. The number of hydrogen-bond acceptors (Lipinski definition) is 5. The smallest absolute Gasteiger partial charge is 0.257 e. The van der Waals surface area contributed by atoms with Crippen LogP contribution in [0.1, 0.15) is 42.1 Å². The molecule has 6 nitrogen and oxygen atoms in total. The molecule has 0 aliphatic heterocycles. The molecule has 0 saturated carbocycles. The number of unbranched alkanes of at least 4 members (excludes halogenated alkanes) is 1. The van der Waals surface area contributed by atoms with Gasteiger partial charge in [-0.05, 0) is 49.6 Å². The first kappa shape index (κ1) is 22.1. The van der Waals surface area contributed by atoms with Crippen LogP contribution in [0.25, 0.3) is 22.8 Å². The number of aryl methyl sites for hydroxylation is 1. The molecule has 3 heterocycles. The van der Waals surface area contributed by atoms with Crippen LogP contribution in [0.2, 0.25) is 0 Å². The van der Waals surface area contributed by atoms with Gasteiger partial charge in [-0.3, -0.25) is 19.3 Å². The lowest BCUT2D eigenvalue weighted by Gasteiger charge is -2.16. The summed E-state index contributed by atoms with van der Waals surface area (Å²) in [6.07, 6.45) is 6.25. The van der Waals surface area contributed by atoms with Crippen LogP contribution in [0.5, 0.6) is 0 Å². The minimum atomic E-state index is -0.0596. The van der Waals surface area contributed by atoms with Gasteiger partial charge in [0.1, 0.15) is 5.69 Å². The predicted molar refractivity (Wildman–Crippen MR) is 129 cm³/mol. The summed E-state index contributed by atoms with van der Waals surface area (Å²) in [5.74, 6) is 0.566. The van der Waals surface area contributed by atoms with Gasteiger partial charge < -0.3 is 0 Å². The third kappa shape index (κ3) is 4.73. The molecular weight excluding hydrogens is 410 g/mol. The zero-order valence-electron chi connectivity index (χ0n) is 18.8. The molecule has 33 heavy (non-hydrogen) atoms. The quantitative estimate of drug-likeness (QED) is 0.411. The molecule has 0 aliphatic rings. The maximum atomic E-state index is 13.4. The van der Waals surface area contributed by atoms with Crippen LogP contribution >= 0.6 is 0 Å². The largest absolute Gasteiger partial charge is 0.287 e. The topological polar surface area (TPSA) is 84.5 Å². The summed E-state index contributed by atoms with van der Waals surface area (Å²) in [4.78, 5) is 27.2. The Labute approximate surface area is 193 Å². The van der Waals surface area contributed by atoms with Crippen LogP contribution in [0, 0.1) is 18.3 Å².